The molecule has 0 unspecified atom stereocenters. The van der Waals surface area contributed by atoms with Crippen LogP contribution in [-0.2, 0) is 14.8 Å². The molecule has 4 N–H and O–H groups in total. The fraction of sp³-hybridized carbons (Fsp3) is 0.0667. The number of amides is 1. The summed E-state index contributed by atoms with van der Waals surface area (Å²) in [4.78, 5) is 22.9. The highest BCUT2D eigenvalue weighted by molar-refractivity contribution is 7.89. The molecule has 0 fully saturated rings. The predicted molar refractivity (Wildman–Crippen MR) is 90.4 cm³/mol. The van der Waals surface area contributed by atoms with Crippen molar-refractivity contribution in [2.45, 2.75) is 4.90 Å². The van der Waals surface area contributed by atoms with Crippen LogP contribution in [0.4, 0.5) is 5.69 Å². The molecule has 0 heterocycles. The molecule has 0 aliphatic carbocycles. The summed E-state index contributed by atoms with van der Waals surface area (Å²) in [6.07, 6.45) is 0. The summed E-state index contributed by atoms with van der Waals surface area (Å²) in [6.45, 7) is -0.461. The Morgan fingerprint density at radius 3 is 2.36 bits per heavy atom. The van der Waals surface area contributed by atoms with Gasteiger partial charge in [-0.25, -0.2) is 18.4 Å². The molecule has 25 heavy (non-hydrogen) atoms. The van der Waals surface area contributed by atoms with E-state index in [2.05, 4.69) is 5.32 Å². The first-order valence-corrected chi connectivity index (χ1v) is 8.67. The van der Waals surface area contributed by atoms with E-state index >= 15 is 0 Å². The SMILES string of the molecule is NS(=O)(=O)c1ccc(NC(=O)COc2cc(Cl)ccc2C(=O)O)cc1. The first kappa shape index (κ1) is 18.7. The number of carbonyl (C=O) groups is 2. The van der Waals surface area contributed by atoms with Gasteiger partial charge in [0.2, 0.25) is 10.0 Å². The van der Waals surface area contributed by atoms with Crippen molar-refractivity contribution in [1.82, 2.24) is 0 Å². The number of carboxylic acid groups (broad SMARTS) is 1. The highest BCUT2D eigenvalue weighted by atomic mass is 35.5. The standard InChI is InChI=1S/C15H13ClN2O6S/c16-9-1-6-12(15(20)21)13(7-9)24-8-14(19)18-10-2-4-11(5-3-10)25(17,22)23/h1-7H,8H2,(H,18,19)(H,20,21)(H2,17,22,23). The third-order valence-electron chi connectivity index (χ3n) is 3.00. The van der Waals surface area contributed by atoms with Gasteiger partial charge in [0.15, 0.2) is 6.61 Å². The first-order valence-electron chi connectivity index (χ1n) is 6.75. The first-order chi connectivity index (χ1) is 11.7. The minimum Gasteiger partial charge on any atom is -0.483 e. The second-order valence-electron chi connectivity index (χ2n) is 4.85. The third-order valence-corrected chi connectivity index (χ3v) is 4.16. The number of benzene rings is 2. The van der Waals surface area contributed by atoms with Gasteiger partial charge < -0.3 is 15.2 Å². The quantitative estimate of drug-likeness (QED) is 0.693. The Labute approximate surface area is 148 Å². The molecule has 0 radical (unpaired) electrons. The molecule has 0 saturated carbocycles. The number of halogens is 1. The highest BCUT2D eigenvalue weighted by Gasteiger charge is 2.14. The molecule has 0 spiro atoms. The molecule has 0 atom stereocenters. The van der Waals surface area contributed by atoms with Gasteiger partial charge in [0.1, 0.15) is 11.3 Å². The van der Waals surface area contributed by atoms with E-state index in [1.807, 2.05) is 0 Å². The topological polar surface area (TPSA) is 136 Å². The predicted octanol–water partition coefficient (Wildman–Crippen LogP) is 1.70. The van der Waals surface area contributed by atoms with Gasteiger partial charge in [0.25, 0.3) is 5.91 Å². The molecular weight excluding hydrogens is 372 g/mol. The smallest absolute Gasteiger partial charge is 0.339 e. The van der Waals surface area contributed by atoms with Crippen molar-refractivity contribution in [3.05, 3.63) is 53.1 Å². The molecule has 2 aromatic carbocycles. The maximum Gasteiger partial charge on any atom is 0.339 e. The summed E-state index contributed by atoms with van der Waals surface area (Å²) in [5.41, 5.74) is 0.195. The van der Waals surface area contributed by atoms with Crippen LogP contribution in [0.2, 0.25) is 5.02 Å². The maximum absolute atomic E-state index is 11.9. The van der Waals surface area contributed by atoms with Gasteiger partial charge in [-0.15, -0.1) is 0 Å². The van der Waals surface area contributed by atoms with Crippen LogP contribution in [0.1, 0.15) is 10.4 Å². The summed E-state index contributed by atoms with van der Waals surface area (Å²) in [6, 6.07) is 9.16. The van der Waals surface area contributed by atoms with E-state index in [9.17, 15) is 18.0 Å². The summed E-state index contributed by atoms with van der Waals surface area (Å²) in [7, 11) is -3.82. The maximum atomic E-state index is 11.9. The molecule has 0 saturated heterocycles. The molecule has 8 nitrogen and oxygen atoms in total. The number of hydrogen-bond acceptors (Lipinski definition) is 5. The van der Waals surface area contributed by atoms with Gasteiger partial charge in [-0.2, -0.15) is 0 Å². The van der Waals surface area contributed by atoms with E-state index in [1.165, 1.54) is 42.5 Å². The van der Waals surface area contributed by atoms with Crippen molar-refractivity contribution in [3.63, 3.8) is 0 Å². The molecule has 132 valence electrons. The van der Waals surface area contributed by atoms with E-state index in [0.717, 1.165) is 0 Å². The van der Waals surface area contributed by atoms with E-state index in [1.54, 1.807) is 0 Å². The summed E-state index contributed by atoms with van der Waals surface area (Å²) < 4.78 is 27.5. The lowest BCUT2D eigenvalue weighted by Crippen LogP contribution is -2.21. The van der Waals surface area contributed by atoms with Crippen molar-refractivity contribution < 1.29 is 27.9 Å². The number of aromatic carboxylic acids is 1. The van der Waals surface area contributed by atoms with Gasteiger partial charge in [-0.3, -0.25) is 4.79 Å². The Bertz CT molecular complexity index is 912. The molecule has 0 aliphatic heterocycles. The average molecular weight is 385 g/mol. The van der Waals surface area contributed by atoms with Crippen LogP contribution >= 0.6 is 11.6 Å². The van der Waals surface area contributed by atoms with Crippen LogP contribution in [-0.4, -0.2) is 32.0 Å². The number of carboxylic acids is 1. The van der Waals surface area contributed by atoms with Gasteiger partial charge in [0, 0.05) is 10.7 Å². The zero-order valence-corrected chi connectivity index (χ0v) is 14.2. The van der Waals surface area contributed by atoms with Crippen molar-refractivity contribution in [3.8, 4) is 5.75 Å². The Hall–Kier alpha value is -2.62. The van der Waals surface area contributed by atoms with Gasteiger partial charge in [-0.1, -0.05) is 11.6 Å². The van der Waals surface area contributed by atoms with Crippen molar-refractivity contribution in [2.75, 3.05) is 11.9 Å². The lowest BCUT2D eigenvalue weighted by molar-refractivity contribution is -0.118. The van der Waals surface area contributed by atoms with E-state index in [4.69, 9.17) is 26.6 Å². The number of sulfonamides is 1. The summed E-state index contributed by atoms with van der Waals surface area (Å²) >= 11 is 5.79. The number of hydrogen-bond donors (Lipinski definition) is 3. The lowest BCUT2D eigenvalue weighted by Gasteiger charge is -2.10. The number of nitrogens with two attached hydrogens (primary N) is 1. The van der Waals surface area contributed by atoms with Crippen LogP contribution in [0.3, 0.4) is 0 Å². The molecule has 0 aromatic heterocycles. The zero-order valence-electron chi connectivity index (χ0n) is 12.6. The zero-order chi connectivity index (χ0) is 18.6. The van der Waals surface area contributed by atoms with Crippen molar-refractivity contribution >= 4 is 39.2 Å². The lowest BCUT2D eigenvalue weighted by atomic mass is 10.2. The number of carbonyl (C=O) groups excluding carboxylic acids is 1. The van der Waals surface area contributed by atoms with Crippen molar-refractivity contribution in [2.24, 2.45) is 5.14 Å². The van der Waals surface area contributed by atoms with E-state index in [-0.39, 0.29) is 21.2 Å². The minimum atomic E-state index is -3.82. The largest absolute Gasteiger partial charge is 0.483 e. The number of rotatable bonds is 6. The summed E-state index contributed by atoms with van der Waals surface area (Å²) in [5.74, 6) is -1.83. The van der Waals surface area contributed by atoms with Gasteiger partial charge in [0.05, 0.1) is 4.90 Å². The minimum absolute atomic E-state index is 0.0419. The monoisotopic (exact) mass is 384 g/mol. The van der Waals surface area contributed by atoms with Crippen LogP contribution in [0.5, 0.6) is 5.75 Å². The number of ether oxygens (including phenoxy) is 1. The summed E-state index contributed by atoms with van der Waals surface area (Å²) in [5, 5.41) is 16.8. The second-order valence-corrected chi connectivity index (χ2v) is 6.85. The Morgan fingerprint density at radius 1 is 1.16 bits per heavy atom. The normalized spacial score (nSPS) is 11.0. The van der Waals surface area contributed by atoms with Crippen molar-refractivity contribution in [1.29, 1.82) is 0 Å². The average Bonchev–Trinajstić information content (AvgIpc) is 2.52. The van der Waals surface area contributed by atoms with Crippen LogP contribution in [0.25, 0.3) is 0 Å². The fourth-order valence-corrected chi connectivity index (χ4v) is 2.54. The highest BCUT2D eigenvalue weighted by Crippen LogP contribution is 2.23. The number of primary sulfonamides is 1. The van der Waals surface area contributed by atoms with Gasteiger partial charge >= 0.3 is 5.97 Å². The molecule has 0 bridgehead atoms. The Kier molecular flexibility index (Phi) is 5.62. The van der Waals surface area contributed by atoms with E-state index in [0.29, 0.717) is 5.69 Å². The van der Waals surface area contributed by atoms with E-state index < -0.39 is 28.5 Å². The molecule has 10 heteroatoms. The Morgan fingerprint density at radius 2 is 1.80 bits per heavy atom. The second kappa shape index (κ2) is 7.51. The molecule has 2 aromatic rings. The molecule has 1 amide bonds. The molecular formula is C15H13ClN2O6S. The number of nitrogens with one attached hydrogen (secondary N) is 1. The Balaban J connectivity index is 2.02. The number of anilines is 1. The fourth-order valence-electron chi connectivity index (χ4n) is 1.86. The molecule has 2 rings (SSSR count). The van der Waals surface area contributed by atoms with Gasteiger partial charge in [-0.05, 0) is 42.5 Å². The molecule has 0 aliphatic rings. The third kappa shape index (κ3) is 5.18. The van der Waals surface area contributed by atoms with Crippen LogP contribution in [0, 0.1) is 0 Å². The van der Waals surface area contributed by atoms with Crippen LogP contribution < -0.4 is 15.2 Å². The van der Waals surface area contributed by atoms with Crippen LogP contribution in [0.15, 0.2) is 47.4 Å².